The van der Waals surface area contributed by atoms with Gasteiger partial charge < -0.3 is 20.9 Å². The molecule has 0 radical (unpaired) electrons. The van der Waals surface area contributed by atoms with E-state index in [1.807, 2.05) is 0 Å². The Balaban J connectivity index is 2.36. The molecule has 1 saturated heterocycles. The zero-order valence-corrected chi connectivity index (χ0v) is 10.1. The van der Waals surface area contributed by atoms with E-state index in [9.17, 15) is 14.4 Å². The quantitative estimate of drug-likeness (QED) is 0.563. The van der Waals surface area contributed by atoms with Gasteiger partial charge in [0.15, 0.2) is 0 Å². The summed E-state index contributed by atoms with van der Waals surface area (Å²) < 4.78 is 5.28. The van der Waals surface area contributed by atoms with E-state index in [1.165, 1.54) is 0 Å². The van der Waals surface area contributed by atoms with Crippen LogP contribution in [0, 0.1) is 0 Å². The zero-order chi connectivity index (χ0) is 13.5. The summed E-state index contributed by atoms with van der Waals surface area (Å²) in [5.41, 5.74) is 4.94. The third-order valence-electron chi connectivity index (χ3n) is 2.75. The molecule has 0 aliphatic carbocycles. The number of carbonyl (C=O) groups excluding carboxylic acids is 2. The van der Waals surface area contributed by atoms with Crippen LogP contribution >= 0.6 is 0 Å². The molecule has 1 rings (SSSR count). The first-order chi connectivity index (χ1) is 8.49. The summed E-state index contributed by atoms with van der Waals surface area (Å²) in [6, 6.07) is -1.08. The smallest absolute Gasteiger partial charge is 0.326 e. The van der Waals surface area contributed by atoms with E-state index in [2.05, 4.69) is 5.32 Å². The van der Waals surface area contributed by atoms with Crippen LogP contribution in [0.25, 0.3) is 0 Å². The van der Waals surface area contributed by atoms with Gasteiger partial charge in [0.2, 0.25) is 11.8 Å². The lowest BCUT2D eigenvalue weighted by atomic mass is 10.1. The van der Waals surface area contributed by atoms with Crippen LogP contribution < -0.4 is 11.1 Å². The average Bonchev–Trinajstić information content (AvgIpc) is 2.76. The van der Waals surface area contributed by atoms with Gasteiger partial charge in [-0.3, -0.25) is 9.59 Å². The van der Waals surface area contributed by atoms with Crippen LogP contribution in [0.1, 0.15) is 32.1 Å². The van der Waals surface area contributed by atoms with Crippen molar-refractivity contribution in [2.75, 3.05) is 6.61 Å². The van der Waals surface area contributed by atoms with Crippen molar-refractivity contribution in [1.29, 1.82) is 0 Å². The number of ether oxygens (including phenoxy) is 1. The van der Waals surface area contributed by atoms with Gasteiger partial charge in [0, 0.05) is 13.0 Å². The van der Waals surface area contributed by atoms with Crippen LogP contribution in [-0.4, -0.2) is 41.6 Å². The van der Waals surface area contributed by atoms with Gasteiger partial charge in [-0.25, -0.2) is 4.79 Å². The molecule has 4 N–H and O–H groups in total. The lowest BCUT2D eigenvalue weighted by molar-refractivity contribution is -0.142. The first kappa shape index (κ1) is 14.4. The highest BCUT2D eigenvalue weighted by Crippen LogP contribution is 2.15. The molecule has 1 aliphatic heterocycles. The summed E-state index contributed by atoms with van der Waals surface area (Å²) in [6.45, 7) is 0.641. The number of primary amides is 1. The zero-order valence-electron chi connectivity index (χ0n) is 10.1. The average molecular weight is 258 g/mol. The van der Waals surface area contributed by atoms with Gasteiger partial charge in [0.25, 0.3) is 0 Å². The molecule has 2 atom stereocenters. The first-order valence-corrected chi connectivity index (χ1v) is 5.91. The summed E-state index contributed by atoms with van der Waals surface area (Å²) in [7, 11) is 0. The van der Waals surface area contributed by atoms with E-state index in [-0.39, 0.29) is 31.3 Å². The molecule has 0 bridgehead atoms. The third-order valence-corrected chi connectivity index (χ3v) is 2.75. The number of hydrogen-bond acceptors (Lipinski definition) is 4. The van der Waals surface area contributed by atoms with Crippen molar-refractivity contribution in [2.24, 2.45) is 5.73 Å². The van der Waals surface area contributed by atoms with Crippen LogP contribution in [0.3, 0.4) is 0 Å². The molecule has 0 aromatic carbocycles. The van der Waals surface area contributed by atoms with Gasteiger partial charge >= 0.3 is 5.97 Å². The van der Waals surface area contributed by atoms with E-state index < -0.39 is 17.9 Å². The predicted octanol–water partition coefficient (Wildman–Crippen LogP) is -0.610. The summed E-state index contributed by atoms with van der Waals surface area (Å²) in [5.74, 6) is -2.13. The Bertz CT molecular complexity index is 325. The van der Waals surface area contributed by atoms with E-state index >= 15 is 0 Å². The van der Waals surface area contributed by atoms with E-state index in [4.69, 9.17) is 15.6 Å². The van der Waals surface area contributed by atoms with Crippen molar-refractivity contribution < 1.29 is 24.2 Å². The fraction of sp³-hybridized carbons (Fsp3) is 0.727. The molecule has 1 aliphatic rings. The molecule has 7 nitrogen and oxygen atoms in total. The fourth-order valence-corrected chi connectivity index (χ4v) is 1.81. The van der Waals surface area contributed by atoms with Crippen LogP contribution in [0.2, 0.25) is 0 Å². The summed E-state index contributed by atoms with van der Waals surface area (Å²) in [5, 5.41) is 11.3. The monoisotopic (exact) mass is 258 g/mol. The maximum absolute atomic E-state index is 11.6. The number of hydrogen-bond donors (Lipinski definition) is 3. The van der Waals surface area contributed by atoms with Crippen molar-refractivity contribution in [3.8, 4) is 0 Å². The molecule has 0 aromatic heterocycles. The number of nitrogens with one attached hydrogen (secondary N) is 1. The van der Waals surface area contributed by atoms with Gasteiger partial charge in [-0.15, -0.1) is 0 Å². The Hall–Kier alpha value is -1.63. The molecule has 1 heterocycles. The minimum absolute atomic E-state index is 0.00192. The Morgan fingerprint density at radius 2 is 2.17 bits per heavy atom. The van der Waals surface area contributed by atoms with Crippen LogP contribution in [-0.2, 0) is 19.1 Å². The molecule has 102 valence electrons. The van der Waals surface area contributed by atoms with E-state index in [0.29, 0.717) is 6.61 Å². The Morgan fingerprint density at radius 3 is 2.67 bits per heavy atom. The molecule has 2 amide bonds. The normalized spacial score (nSPS) is 20.3. The molecule has 1 unspecified atom stereocenters. The van der Waals surface area contributed by atoms with Gasteiger partial charge in [0.1, 0.15) is 6.04 Å². The predicted molar refractivity (Wildman–Crippen MR) is 61.6 cm³/mol. The number of carboxylic acids is 1. The second-order valence-corrected chi connectivity index (χ2v) is 4.30. The SMILES string of the molecule is NC(=O)CC[C@@H](NC(=O)CC1CCCO1)C(=O)O. The highest BCUT2D eigenvalue weighted by atomic mass is 16.5. The molecule has 1 fully saturated rings. The lowest BCUT2D eigenvalue weighted by Crippen LogP contribution is -2.42. The van der Waals surface area contributed by atoms with Crippen LogP contribution in [0.4, 0.5) is 0 Å². The first-order valence-electron chi connectivity index (χ1n) is 5.91. The largest absolute Gasteiger partial charge is 0.480 e. The maximum atomic E-state index is 11.6. The van der Waals surface area contributed by atoms with Crippen molar-refractivity contribution in [2.45, 2.75) is 44.2 Å². The highest BCUT2D eigenvalue weighted by Gasteiger charge is 2.24. The second kappa shape index (κ2) is 6.95. The molecule has 0 saturated carbocycles. The van der Waals surface area contributed by atoms with E-state index in [0.717, 1.165) is 12.8 Å². The molecule has 7 heteroatoms. The van der Waals surface area contributed by atoms with Gasteiger partial charge in [-0.1, -0.05) is 0 Å². The van der Waals surface area contributed by atoms with Gasteiger partial charge in [-0.2, -0.15) is 0 Å². The second-order valence-electron chi connectivity index (χ2n) is 4.30. The van der Waals surface area contributed by atoms with Crippen molar-refractivity contribution in [3.05, 3.63) is 0 Å². The van der Waals surface area contributed by atoms with E-state index in [1.54, 1.807) is 0 Å². The Labute approximate surface area is 105 Å². The number of amides is 2. The van der Waals surface area contributed by atoms with Gasteiger partial charge in [-0.05, 0) is 19.3 Å². The maximum Gasteiger partial charge on any atom is 0.326 e. The lowest BCUT2D eigenvalue weighted by Gasteiger charge is -2.15. The minimum Gasteiger partial charge on any atom is -0.480 e. The van der Waals surface area contributed by atoms with Crippen LogP contribution in [0.15, 0.2) is 0 Å². The highest BCUT2D eigenvalue weighted by molar-refractivity contribution is 5.84. The summed E-state index contributed by atoms with van der Waals surface area (Å²) in [4.78, 5) is 33.1. The number of carboxylic acid groups (broad SMARTS) is 1. The number of aliphatic carboxylic acids is 1. The molecule has 0 spiro atoms. The molecular formula is C11H18N2O5. The van der Waals surface area contributed by atoms with Crippen molar-refractivity contribution >= 4 is 17.8 Å². The molecule has 0 aromatic rings. The summed E-state index contributed by atoms with van der Waals surface area (Å²) >= 11 is 0. The molecule has 18 heavy (non-hydrogen) atoms. The number of nitrogens with two attached hydrogens (primary N) is 1. The van der Waals surface area contributed by atoms with Gasteiger partial charge in [0.05, 0.1) is 12.5 Å². The fourth-order valence-electron chi connectivity index (χ4n) is 1.81. The Morgan fingerprint density at radius 1 is 1.44 bits per heavy atom. The summed E-state index contributed by atoms with van der Waals surface area (Å²) in [6.07, 6.45) is 1.68. The topological polar surface area (TPSA) is 119 Å². The number of carbonyl (C=O) groups is 3. The van der Waals surface area contributed by atoms with Crippen LogP contribution in [0.5, 0.6) is 0 Å². The Kier molecular flexibility index (Phi) is 5.57. The minimum atomic E-state index is -1.17. The third kappa shape index (κ3) is 5.13. The van der Waals surface area contributed by atoms with Crippen molar-refractivity contribution in [3.63, 3.8) is 0 Å². The standard InChI is InChI=1S/C11H18N2O5/c12-9(14)4-3-8(11(16)17)13-10(15)6-7-2-1-5-18-7/h7-8H,1-6H2,(H2,12,14)(H,13,15)(H,16,17)/t7?,8-/m1/s1. The number of rotatable bonds is 7. The molecular weight excluding hydrogens is 240 g/mol. The van der Waals surface area contributed by atoms with Crippen molar-refractivity contribution in [1.82, 2.24) is 5.32 Å².